The summed E-state index contributed by atoms with van der Waals surface area (Å²) in [5.41, 5.74) is 5.05. The Morgan fingerprint density at radius 2 is 2.03 bits per heavy atom. The van der Waals surface area contributed by atoms with Crippen LogP contribution in [0.15, 0.2) is 47.5 Å². The highest BCUT2D eigenvalue weighted by Gasteiger charge is 2.31. The van der Waals surface area contributed by atoms with E-state index >= 15 is 0 Å². The van der Waals surface area contributed by atoms with Gasteiger partial charge in [0.15, 0.2) is 5.65 Å². The molecule has 0 bridgehead atoms. The van der Waals surface area contributed by atoms with Crippen molar-refractivity contribution in [2.24, 2.45) is 0 Å². The van der Waals surface area contributed by atoms with Crippen LogP contribution in [0.4, 0.5) is 11.6 Å². The first-order chi connectivity index (χ1) is 16.9. The lowest BCUT2D eigenvalue weighted by molar-refractivity contribution is 0.215. The number of hydrogen-bond donors (Lipinski definition) is 3. The second kappa shape index (κ2) is 8.28. The van der Waals surface area contributed by atoms with Crippen molar-refractivity contribution in [1.82, 2.24) is 29.6 Å². The van der Waals surface area contributed by atoms with Gasteiger partial charge in [0.25, 0.3) is 5.56 Å². The fourth-order valence-corrected chi connectivity index (χ4v) is 4.65. The van der Waals surface area contributed by atoms with Gasteiger partial charge >= 0.3 is 0 Å². The van der Waals surface area contributed by atoms with Gasteiger partial charge in [0.05, 0.1) is 24.0 Å². The van der Waals surface area contributed by atoms with Crippen LogP contribution < -0.4 is 16.2 Å². The smallest absolute Gasteiger partial charge is 0.278 e. The van der Waals surface area contributed by atoms with E-state index in [0.29, 0.717) is 17.0 Å². The number of anilines is 2. The minimum atomic E-state index is -0.507. The first kappa shape index (κ1) is 21.9. The summed E-state index contributed by atoms with van der Waals surface area (Å²) in [5.74, 6) is 0.438. The Bertz CT molecular complexity index is 1480. The van der Waals surface area contributed by atoms with Crippen LogP contribution in [0.2, 0.25) is 0 Å². The van der Waals surface area contributed by atoms with Crippen molar-refractivity contribution in [3.63, 3.8) is 0 Å². The molecule has 6 rings (SSSR count). The third kappa shape index (κ3) is 3.90. The molecule has 180 valence electrons. The number of aliphatic hydroxyl groups excluding tert-OH is 1. The number of nitrogens with one attached hydrogen (secondary N) is 2. The Balaban J connectivity index is 1.46. The molecule has 0 unspecified atom stereocenters. The van der Waals surface area contributed by atoms with E-state index in [4.69, 9.17) is 4.98 Å². The van der Waals surface area contributed by atoms with Gasteiger partial charge in [-0.1, -0.05) is 19.9 Å². The molecule has 0 saturated heterocycles. The normalized spacial score (nSPS) is 15.9. The maximum absolute atomic E-state index is 13.4. The molecule has 1 fully saturated rings. The van der Waals surface area contributed by atoms with Crippen molar-refractivity contribution in [3.05, 3.63) is 69.9 Å². The number of aromatic nitrogens is 5. The second-order valence-corrected chi connectivity index (χ2v) is 10.1. The number of fused-ring (bicyclic) bond motifs is 2. The quantitative estimate of drug-likeness (QED) is 0.397. The molecule has 2 aliphatic rings. The molecule has 0 radical (unpaired) electrons. The maximum Gasteiger partial charge on any atom is 0.278 e. The summed E-state index contributed by atoms with van der Waals surface area (Å²) >= 11 is 0. The average molecular weight is 472 g/mol. The van der Waals surface area contributed by atoms with Crippen molar-refractivity contribution in [2.45, 2.75) is 51.1 Å². The van der Waals surface area contributed by atoms with Gasteiger partial charge in [0.1, 0.15) is 5.39 Å². The SMILES string of the molecule is CC(C)(CO)c1cc(-n2c3nc(Nc4ccc5c(c4)CNCC5)ncc3c(=O)n2C2CC2)ccn1. The Morgan fingerprint density at radius 1 is 1.17 bits per heavy atom. The zero-order chi connectivity index (χ0) is 24.2. The van der Waals surface area contributed by atoms with Crippen molar-refractivity contribution in [1.29, 1.82) is 0 Å². The van der Waals surface area contributed by atoms with Crippen LogP contribution >= 0.6 is 0 Å². The van der Waals surface area contributed by atoms with E-state index in [1.54, 1.807) is 17.1 Å². The summed E-state index contributed by atoms with van der Waals surface area (Å²) in [7, 11) is 0. The lowest BCUT2D eigenvalue weighted by Gasteiger charge is -2.22. The lowest BCUT2D eigenvalue weighted by Crippen LogP contribution is -2.25. The third-order valence-electron chi connectivity index (χ3n) is 6.94. The molecule has 35 heavy (non-hydrogen) atoms. The number of benzene rings is 1. The van der Waals surface area contributed by atoms with E-state index in [1.807, 2.05) is 36.7 Å². The molecule has 1 saturated carbocycles. The standard InChI is InChI=1S/C26H29N7O2/c1-26(2,15-34)22-12-20(8-10-28-22)32-23-21(24(35)33(32)19-5-6-19)14-29-25(31-23)30-18-4-3-16-7-9-27-13-17(16)11-18/h3-4,8,10-12,14,19,27,34H,5-7,9,13,15H2,1-2H3,(H,29,30,31). The molecular weight excluding hydrogens is 442 g/mol. The first-order valence-electron chi connectivity index (χ1n) is 12.1. The van der Waals surface area contributed by atoms with Crippen molar-refractivity contribution in [3.8, 4) is 5.69 Å². The zero-order valence-electron chi connectivity index (χ0n) is 20.0. The summed E-state index contributed by atoms with van der Waals surface area (Å²) in [6.07, 6.45) is 6.27. The summed E-state index contributed by atoms with van der Waals surface area (Å²) < 4.78 is 3.68. The fraction of sp³-hybridized carbons (Fsp3) is 0.385. The summed E-state index contributed by atoms with van der Waals surface area (Å²) in [6.45, 7) is 5.71. The Morgan fingerprint density at radius 3 is 2.83 bits per heavy atom. The van der Waals surface area contributed by atoms with Gasteiger partial charge in [-0.25, -0.2) is 14.3 Å². The molecular formula is C26H29N7O2. The second-order valence-electron chi connectivity index (χ2n) is 10.1. The molecule has 0 spiro atoms. The topological polar surface area (TPSA) is 110 Å². The molecule has 3 N–H and O–H groups in total. The van der Waals surface area contributed by atoms with E-state index in [1.165, 1.54) is 11.1 Å². The first-order valence-corrected chi connectivity index (χ1v) is 12.1. The van der Waals surface area contributed by atoms with Crippen LogP contribution in [0.3, 0.4) is 0 Å². The van der Waals surface area contributed by atoms with E-state index < -0.39 is 5.41 Å². The molecule has 1 aliphatic carbocycles. The maximum atomic E-state index is 13.4. The molecule has 0 amide bonds. The molecule has 4 aromatic rings. The van der Waals surface area contributed by atoms with E-state index in [2.05, 4.69) is 32.7 Å². The molecule has 9 heteroatoms. The molecule has 4 heterocycles. The number of hydrogen-bond acceptors (Lipinski definition) is 7. The fourth-order valence-electron chi connectivity index (χ4n) is 4.65. The average Bonchev–Trinajstić information content (AvgIpc) is 3.68. The zero-order valence-corrected chi connectivity index (χ0v) is 20.0. The third-order valence-corrected chi connectivity index (χ3v) is 6.94. The van der Waals surface area contributed by atoms with Gasteiger partial charge in [-0.05, 0) is 61.2 Å². The van der Waals surface area contributed by atoms with Crippen LogP contribution in [0.25, 0.3) is 16.7 Å². The van der Waals surface area contributed by atoms with Gasteiger partial charge in [-0.15, -0.1) is 0 Å². The molecule has 1 aliphatic heterocycles. The van der Waals surface area contributed by atoms with Crippen molar-refractivity contribution >= 4 is 22.7 Å². The Hall–Kier alpha value is -3.56. The van der Waals surface area contributed by atoms with E-state index in [0.717, 1.165) is 49.4 Å². The van der Waals surface area contributed by atoms with E-state index in [-0.39, 0.29) is 18.2 Å². The predicted molar refractivity (Wildman–Crippen MR) is 134 cm³/mol. The van der Waals surface area contributed by atoms with Crippen LogP contribution in [0.1, 0.15) is 49.6 Å². The predicted octanol–water partition coefficient (Wildman–Crippen LogP) is 2.97. The van der Waals surface area contributed by atoms with E-state index in [9.17, 15) is 9.90 Å². The summed E-state index contributed by atoms with van der Waals surface area (Å²) in [6, 6.07) is 10.3. The molecule has 9 nitrogen and oxygen atoms in total. The van der Waals surface area contributed by atoms with Gasteiger partial charge in [0, 0.05) is 30.0 Å². The Kier molecular flexibility index (Phi) is 5.19. The highest BCUT2D eigenvalue weighted by atomic mass is 16.3. The highest BCUT2D eigenvalue weighted by Crippen LogP contribution is 2.36. The van der Waals surface area contributed by atoms with Gasteiger partial charge < -0.3 is 15.7 Å². The highest BCUT2D eigenvalue weighted by molar-refractivity contribution is 5.77. The summed E-state index contributed by atoms with van der Waals surface area (Å²) in [4.78, 5) is 27.1. The molecule has 0 atom stereocenters. The van der Waals surface area contributed by atoms with Crippen LogP contribution in [0, 0.1) is 0 Å². The van der Waals surface area contributed by atoms with Crippen molar-refractivity contribution in [2.75, 3.05) is 18.5 Å². The summed E-state index contributed by atoms with van der Waals surface area (Å²) in [5, 5.41) is 17.1. The minimum Gasteiger partial charge on any atom is -0.395 e. The van der Waals surface area contributed by atoms with Crippen LogP contribution in [-0.4, -0.2) is 42.6 Å². The number of nitrogens with zero attached hydrogens (tertiary/aromatic N) is 5. The van der Waals surface area contributed by atoms with Crippen LogP contribution in [0.5, 0.6) is 0 Å². The Labute approximate surface area is 202 Å². The van der Waals surface area contributed by atoms with Gasteiger partial charge in [-0.2, -0.15) is 4.98 Å². The van der Waals surface area contributed by atoms with Gasteiger partial charge in [0.2, 0.25) is 5.95 Å². The van der Waals surface area contributed by atoms with Gasteiger partial charge in [-0.3, -0.25) is 9.78 Å². The number of rotatable bonds is 6. The van der Waals surface area contributed by atoms with Crippen LogP contribution in [-0.2, 0) is 18.4 Å². The monoisotopic (exact) mass is 471 g/mol. The lowest BCUT2D eigenvalue weighted by atomic mass is 9.90. The molecule has 1 aromatic carbocycles. The molecule has 3 aromatic heterocycles. The van der Waals surface area contributed by atoms with Crippen molar-refractivity contribution < 1.29 is 5.11 Å². The number of aliphatic hydroxyl groups is 1. The largest absolute Gasteiger partial charge is 0.395 e. The minimum absolute atomic E-state index is 0.0299. The number of pyridine rings is 1.